The summed E-state index contributed by atoms with van der Waals surface area (Å²) in [4.78, 5) is 0. The molecule has 3 heterocycles. The molecule has 0 saturated heterocycles. The Balaban J connectivity index is 1.45. The molecule has 0 bridgehead atoms. The fraction of sp³-hybridized carbons (Fsp3) is 0.0909. The van der Waals surface area contributed by atoms with Crippen LogP contribution in [0.25, 0.3) is 28.3 Å². The molecule has 5 aromatic rings. The van der Waals surface area contributed by atoms with Crippen molar-refractivity contribution in [2.75, 3.05) is 5.32 Å². The van der Waals surface area contributed by atoms with E-state index in [0.29, 0.717) is 29.4 Å². The molecule has 0 saturated carbocycles. The van der Waals surface area contributed by atoms with E-state index in [1.165, 1.54) is 6.07 Å². The Morgan fingerprint density at radius 3 is 2.53 bits per heavy atom. The zero-order valence-corrected chi connectivity index (χ0v) is 16.2. The highest BCUT2D eigenvalue weighted by Crippen LogP contribution is 2.24. The maximum absolute atomic E-state index is 14.2. The topological polar surface area (TPSA) is 72.9 Å². The van der Waals surface area contributed by atoms with E-state index >= 15 is 0 Å². The maximum Gasteiger partial charge on any atom is 0.188 e. The smallest absolute Gasteiger partial charge is 0.188 e. The highest BCUT2D eigenvalue weighted by atomic mass is 19.1. The number of halogens is 1. The summed E-state index contributed by atoms with van der Waals surface area (Å²) in [7, 11) is 1.90. The molecule has 3 aromatic heterocycles. The summed E-state index contributed by atoms with van der Waals surface area (Å²) in [5.74, 6) is 0.621. The molecule has 5 rings (SSSR count). The number of nitrogens with one attached hydrogen (secondary N) is 1. The van der Waals surface area contributed by atoms with Gasteiger partial charge in [-0.1, -0.05) is 42.5 Å². The molecule has 0 unspecified atom stereocenters. The number of anilines is 1. The summed E-state index contributed by atoms with van der Waals surface area (Å²) >= 11 is 0. The third kappa shape index (κ3) is 3.28. The Morgan fingerprint density at radius 2 is 1.70 bits per heavy atom. The summed E-state index contributed by atoms with van der Waals surface area (Å²) in [5, 5.41) is 20.7. The van der Waals surface area contributed by atoms with E-state index in [4.69, 9.17) is 0 Å². The van der Waals surface area contributed by atoms with Crippen molar-refractivity contribution < 1.29 is 4.39 Å². The molecular weight excluding hydrogens is 381 g/mol. The van der Waals surface area contributed by atoms with Gasteiger partial charge in [-0.25, -0.2) is 4.39 Å². The highest BCUT2D eigenvalue weighted by molar-refractivity contribution is 5.63. The minimum atomic E-state index is -0.366. The van der Waals surface area contributed by atoms with E-state index < -0.39 is 0 Å². The number of fused-ring (bicyclic) bond motifs is 1. The second-order valence-corrected chi connectivity index (χ2v) is 6.89. The third-order valence-corrected chi connectivity index (χ3v) is 4.79. The molecule has 0 aliphatic rings. The first-order chi connectivity index (χ1) is 14.7. The lowest BCUT2D eigenvalue weighted by Gasteiger charge is -2.07. The van der Waals surface area contributed by atoms with Gasteiger partial charge in [-0.3, -0.25) is 4.68 Å². The lowest BCUT2D eigenvalue weighted by atomic mass is 10.1. The van der Waals surface area contributed by atoms with Crippen LogP contribution in [-0.4, -0.2) is 29.6 Å². The monoisotopic (exact) mass is 399 g/mol. The minimum absolute atomic E-state index is 0.355. The van der Waals surface area contributed by atoms with Crippen LogP contribution in [0.3, 0.4) is 0 Å². The predicted octanol–water partition coefficient (Wildman–Crippen LogP) is 3.94. The lowest BCUT2D eigenvalue weighted by molar-refractivity contribution is 0.629. The standard InChI is InChI=1S/C22H18FN7/c1-29-14-16(21(28-29)15-7-3-2-4-8-15)13-24-19-11-12-20-25-26-22(30(20)27-19)17-9-5-6-10-18(17)23/h2-12,14H,13H2,1H3,(H,24,27). The van der Waals surface area contributed by atoms with Crippen LogP contribution in [0.4, 0.5) is 10.2 Å². The number of rotatable bonds is 5. The first kappa shape index (κ1) is 18.0. The molecule has 0 amide bonds. The summed E-state index contributed by atoms with van der Waals surface area (Å²) in [6, 6.07) is 20.1. The van der Waals surface area contributed by atoms with Gasteiger partial charge in [-0.15, -0.1) is 15.3 Å². The molecule has 1 N–H and O–H groups in total. The van der Waals surface area contributed by atoms with E-state index in [9.17, 15) is 4.39 Å². The largest absolute Gasteiger partial charge is 0.364 e. The fourth-order valence-electron chi connectivity index (χ4n) is 3.39. The van der Waals surface area contributed by atoms with Gasteiger partial charge in [-0.2, -0.15) is 9.61 Å². The van der Waals surface area contributed by atoms with E-state index in [1.54, 1.807) is 33.5 Å². The average molecular weight is 399 g/mol. The molecule has 30 heavy (non-hydrogen) atoms. The number of benzene rings is 2. The molecule has 0 aliphatic carbocycles. The molecule has 2 aromatic carbocycles. The summed E-state index contributed by atoms with van der Waals surface area (Å²) in [5.41, 5.74) is 3.92. The van der Waals surface area contributed by atoms with Crippen LogP contribution in [-0.2, 0) is 13.6 Å². The first-order valence-corrected chi connectivity index (χ1v) is 9.48. The number of aromatic nitrogens is 6. The number of aryl methyl sites for hydroxylation is 1. The quantitative estimate of drug-likeness (QED) is 0.485. The molecule has 0 fully saturated rings. The normalized spacial score (nSPS) is 11.1. The van der Waals surface area contributed by atoms with E-state index in [-0.39, 0.29) is 5.82 Å². The average Bonchev–Trinajstić information content (AvgIpc) is 3.36. The van der Waals surface area contributed by atoms with Crippen molar-refractivity contribution in [3.05, 3.63) is 84.3 Å². The summed E-state index contributed by atoms with van der Waals surface area (Å²) in [6.07, 6.45) is 1.98. The number of hydrogen-bond donors (Lipinski definition) is 1. The molecule has 0 atom stereocenters. The van der Waals surface area contributed by atoms with Crippen molar-refractivity contribution in [3.63, 3.8) is 0 Å². The van der Waals surface area contributed by atoms with Crippen LogP contribution in [0.2, 0.25) is 0 Å². The third-order valence-electron chi connectivity index (χ3n) is 4.79. The zero-order valence-electron chi connectivity index (χ0n) is 16.2. The van der Waals surface area contributed by atoms with Gasteiger partial charge in [-0.05, 0) is 24.3 Å². The lowest BCUT2D eigenvalue weighted by Crippen LogP contribution is -2.05. The van der Waals surface area contributed by atoms with E-state index in [2.05, 4.69) is 25.7 Å². The Morgan fingerprint density at radius 1 is 0.900 bits per heavy atom. The van der Waals surface area contributed by atoms with Gasteiger partial charge >= 0.3 is 0 Å². The Labute approximate surface area is 171 Å². The summed E-state index contributed by atoms with van der Waals surface area (Å²) < 4.78 is 17.6. The molecular formula is C22H18FN7. The van der Waals surface area contributed by atoms with Crippen LogP contribution < -0.4 is 5.32 Å². The SMILES string of the molecule is Cn1cc(CNc2ccc3nnc(-c4ccccc4F)n3n2)c(-c2ccccc2)n1. The second-order valence-electron chi connectivity index (χ2n) is 6.89. The van der Waals surface area contributed by atoms with Gasteiger partial charge in [0.05, 0.1) is 11.3 Å². The van der Waals surface area contributed by atoms with Crippen molar-refractivity contribution >= 4 is 11.5 Å². The van der Waals surface area contributed by atoms with E-state index in [0.717, 1.165) is 16.8 Å². The van der Waals surface area contributed by atoms with Crippen molar-refractivity contribution in [1.29, 1.82) is 0 Å². The van der Waals surface area contributed by atoms with E-state index in [1.807, 2.05) is 49.6 Å². The van der Waals surface area contributed by atoms with Gasteiger partial charge in [0.1, 0.15) is 11.6 Å². The number of nitrogens with zero attached hydrogens (tertiary/aromatic N) is 6. The minimum Gasteiger partial charge on any atom is -0.364 e. The maximum atomic E-state index is 14.2. The van der Waals surface area contributed by atoms with Crippen molar-refractivity contribution in [2.24, 2.45) is 7.05 Å². The van der Waals surface area contributed by atoms with Crippen LogP contribution in [0.5, 0.6) is 0 Å². The molecule has 8 heteroatoms. The Bertz CT molecular complexity index is 1320. The zero-order chi connectivity index (χ0) is 20.5. The first-order valence-electron chi connectivity index (χ1n) is 9.48. The molecule has 0 aliphatic heterocycles. The fourth-order valence-corrected chi connectivity index (χ4v) is 3.39. The van der Waals surface area contributed by atoms with Crippen molar-refractivity contribution in [2.45, 2.75) is 6.54 Å². The van der Waals surface area contributed by atoms with Crippen LogP contribution in [0.15, 0.2) is 72.9 Å². The van der Waals surface area contributed by atoms with Gasteiger partial charge in [0.15, 0.2) is 11.5 Å². The van der Waals surface area contributed by atoms with Crippen molar-refractivity contribution in [3.8, 4) is 22.6 Å². The van der Waals surface area contributed by atoms with Gasteiger partial charge in [0, 0.05) is 30.9 Å². The molecule has 0 spiro atoms. The van der Waals surface area contributed by atoms with Crippen LogP contribution >= 0.6 is 0 Å². The predicted molar refractivity (Wildman–Crippen MR) is 112 cm³/mol. The molecule has 148 valence electrons. The Hall–Kier alpha value is -4.07. The van der Waals surface area contributed by atoms with Gasteiger partial charge < -0.3 is 5.32 Å². The van der Waals surface area contributed by atoms with Gasteiger partial charge in [0.25, 0.3) is 0 Å². The number of hydrogen-bond acceptors (Lipinski definition) is 5. The highest BCUT2D eigenvalue weighted by Gasteiger charge is 2.14. The van der Waals surface area contributed by atoms with Gasteiger partial charge in [0.2, 0.25) is 0 Å². The van der Waals surface area contributed by atoms with Crippen LogP contribution in [0.1, 0.15) is 5.56 Å². The summed E-state index contributed by atoms with van der Waals surface area (Å²) in [6.45, 7) is 0.535. The Kier molecular flexibility index (Phi) is 4.44. The second kappa shape index (κ2) is 7.40. The van der Waals surface area contributed by atoms with Crippen molar-refractivity contribution in [1.82, 2.24) is 29.6 Å². The molecule has 0 radical (unpaired) electrons. The van der Waals surface area contributed by atoms with Crippen LogP contribution in [0, 0.1) is 5.82 Å². The molecule has 7 nitrogen and oxygen atoms in total.